The zero-order chi connectivity index (χ0) is 9.80. The summed E-state index contributed by atoms with van der Waals surface area (Å²) in [5, 5.41) is 7.99. The summed E-state index contributed by atoms with van der Waals surface area (Å²) in [4.78, 5) is 15.5. The van der Waals surface area contributed by atoms with E-state index in [0.717, 1.165) is 25.9 Å². The van der Waals surface area contributed by atoms with Crippen molar-refractivity contribution in [3.05, 3.63) is 16.6 Å². The molecule has 4 nitrogen and oxygen atoms in total. The van der Waals surface area contributed by atoms with E-state index in [1.807, 2.05) is 0 Å². The van der Waals surface area contributed by atoms with E-state index in [4.69, 9.17) is 0 Å². The van der Waals surface area contributed by atoms with Gasteiger partial charge in [-0.2, -0.15) is 0 Å². The van der Waals surface area contributed by atoms with Crippen LogP contribution < -0.4 is 10.6 Å². The second-order valence-corrected chi connectivity index (χ2v) is 4.11. The van der Waals surface area contributed by atoms with Gasteiger partial charge in [0.25, 0.3) is 5.91 Å². The van der Waals surface area contributed by atoms with Crippen LogP contribution in [0.3, 0.4) is 0 Å². The van der Waals surface area contributed by atoms with Crippen LogP contribution in [0.15, 0.2) is 10.9 Å². The number of hydrogen-bond donors (Lipinski definition) is 2. The maximum atomic E-state index is 11.6. The zero-order valence-electron chi connectivity index (χ0n) is 8.64. The number of nitrogens with zero attached hydrogens (tertiary/aromatic N) is 1. The van der Waals surface area contributed by atoms with E-state index in [1.165, 1.54) is 11.3 Å². The molecule has 0 unspecified atom stereocenters. The van der Waals surface area contributed by atoms with E-state index in [0.29, 0.717) is 5.69 Å². The van der Waals surface area contributed by atoms with Gasteiger partial charge in [0.05, 0.1) is 5.51 Å². The number of nitrogens with one attached hydrogen (secondary N) is 2. The third kappa shape index (κ3) is 4.25. The molecule has 0 radical (unpaired) electrons. The fourth-order valence-corrected chi connectivity index (χ4v) is 2.09. The summed E-state index contributed by atoms with van der Waals surface area (Å²) in [5.41, 5.74) is 2.20. The monoisotopic (exact) mass is 283 g/mol. The molecule has 1 aromatic rings. The molecule has 16 heavy (non-hydrogen) atoms. The number of aromatic nitrogens is 1. The number of thiazole rings is 1. The molecule has 2 rings (SSSR count). The minimum Gasteiger partial charge on any atom is -0.347 e. The largest absolute Gasteiger partial charge is 0.347 e. The molecule has 1 aromatic heterocycles. The van der Waals surface area contributed by atoms with Crippen LogP contribution in [0.5, 0.6) is 0 Å². The molecule has 2 heterocycles. The number of rotatable bonds is 2. The van der Waals surface area contributed by atoms with E-state index in [9.17, 15) is 4.79 Å². The normalized spacial score (nSPS) is 19.1. The van der Waals surface area contributed by atoms with Crippen LogP contribution in [0.1, 0.15) is 23.3 Å². The van der Waals surface area contributed by atoms with Crippen LogP contribution in [-0.2, 0) is 0 Å². The van der Waals surface area contributed by atoms with Gasteiger partial charge in [-0.3, -0.25) is 4.79 Å². The third-order valence-electron chi connectivity index (χ3n) is 2.30. The second kappa shape index (κ2) is 7.84. The molecule has 0 saturated carbocycles. The van der Waals surface area contributed by atoms with E-state index < -0.39 is 0 Å². The van der Waals surface area contributed by atoms with Crippen molar-refractivity contribution in [1.82, 2.24) is 15.6 Å². The highest BCUT2D eigenvalue weighted by Gasteiger charge is 2.16. The standard InChI is InChI=1S/C9H13N3OS.2ClH/c13-9(8-5-14-6-11-8)12-7-2-1-3-10-4-7;;/h5-7,10H,1-4H2,(H,12,13);2*1H/t7-;;/m1../s1. The summed E-state index contributed by atoms with van der Waals surface area (Å²) in [6, 6.07) is 0.262. The SMILES string of the molecule is Cl.Cl.O=C(N[C@@H]1CCCNC1)c1cscn1. The quantitative estimate of drug-likeness (QED) is 0.864. The van der Waals surface area contributed by atoms with E-state index >= 15 is 0 Å². The van der Waals surface area contributed by atoms with Crippen molar-refractivity contribution in [2.24, 2.45) is 0 Å². The fourth-order valence-electron chi connectivity index (χ4n) is 1.56. The van der Waals surface area contributed by atoms with Crippen molar-refractivity contribution in [1.29, 1.82) is 0 Å². The molecule has 0 bridgehead atoms. The predicted octanol–water partition coefficient (Wildman–Crippen LogP) is 1.47. The lowest BCUT2D eigenvalue weighted by Crippen LogP contribution is -2.45. The van der Waals surface area contributed by atoms with Gasteiger partial charge in [-0.1, -0.05) is 0 Å². The minimum absolute atomic E-state index is 0. The summed E-state index contributed by atoms with van der Waals surface area (Å²) in [6.07, 6.45) is 2.19. The van der Waals surface area contributed by atoms with Gasteiger partial charge in [-0.25, -0.2) is 4.98 Å². The number of hydrogen-bond acceptors (Lipinski definition) is 4. The number of halogens is 2. The van der Waals surface area contributed by atoms with Gasteiger partial charge in [-0.05, 0) is 19.4 Å². The molecular formula is C9H15Cl2N3OS. The van der Waals surface area contributed by atoms with Crippen LogP contribution in [0.4, 0.5) is 0 Å². The highest BCUT2D eigenvalue weighted by atomic mass is 35.5. The third-order valence-corrected chi connectivity index (χ3v) is 2.88. The molecule has 0 aliphatic carbocycles. The summed E-state index contributed by atoms with van der Waals surface area (Å²) >= 11 is 1.44. The number of amides is 1. The Hall–Kier alpha value is -0.360. The summed E-state index contributed by atoms with van der Waals surface area (Å²) in [5.74, 6) is -0.0556. The molecule has 92 valence electrons. The Balaban J connectivity index is 0.00000112. The first-order valence-corrected chi connectivity index (χ1v) is 5.70. The maximum Gasteiger partial charge on any atom is 0.271 e. The average Bonchev–Trinajstić information content (AvgIpc) is 2.72. The molecule has 0 spiro atoms. The fraction of sp³-hybridized carbons (Fsp3) is 0.556. The minimum atomic E-state index is -0.0556. The van der Waals surface area contributed by atoms with Crippen molar-refractivity contribution in [3.63, 3.8) is 0 Å². The zero-order valence-corrected chi connectivity index (χ0v) is 11.1. The first-order chi connectivity index (χ1) is 6.86. The molecule has 1 saturated heterocycles. The van der Waals surface area contributed by atoms with Gasteiger partial charge in [0.2, 0.25) is 0 Å². The lowest BCUT2D eigenvalue weighted by molar-refractivity contribution is 0.0926. The Morgan fingerprint density at radius 3 is 2.94 bits per heavy atom. The Bertz CT molecular complexity index is 302. The summed E-state index contributed by atoms with van der Waals surface area (Å²) < 4.78 is 0. The van der Waals surface area contributed by atoms with Gasteiger partial charge in [0.1, 0.15) is 5.69 Å². The van der Waals surface area contributed by atoms with Crippen molar-refractivity contribution < 1.29 is 4.79 Å². The average molecular weight is 284 g/mol. The van der Waals surface area contributed by atoms with Crippen LogP contribution in [0, 0.1) is 0 Å². The summed E-state index contributed by atoms with van der Waals surface area (Å²) in [7, 11) is 0. The smallest absolute Gasteiger partial charge is 0.271 e. The van der Waals surface area contributed by atoms with Crippen LogP contribution >= 0.6 is 36.2 Å². The van der Waals surface area contributed by atoms with Crippen molar-refractivity contribution in [2.75, 3.05) is 13.1 Å². The maximum absolute atomic E-state index is 11.6. The number of carbonyl (C=O) groups excluding carboxylic acids is 1. The van der Waals surface area contributed by atoms with Crippen LogP contribution in [-0.4, -0.2) is 30.0 Å². The van der Waals surface area contributed by atoms with Gasteiger partial charge < -0.3 is 10.6 Å². The Morgan fingerprint density at radius 1 is 1.56 bits per heavy atom. The molecule has 0 aromatic carbocycles. The van der Waals surface area contributed by atoms with Gasteiger partial charge in [0, 0.05) is 18.0 Å². The van der Waals surface area contributed by atoms with Crippen molar-refractivity contribution >= 4 is 42.1 Å². The van der Waals surface area contributed by atoms with Gasteiger partial charge in [0.15, 0.2) is 0 Å². The highest BCUT2D eigenvalue weighted by molar-refractivity contribution is 7.07. The number of carbonyl (C=O) groups is 1. The van der Waals surface area contributed by atoms with Crippen molar-refractivity contribution in [2.45, 2.75) is 18.9 Å². The Kier molecular flexibility index (Phi) is 7.66. The second-order valence-electron chi connectivity index (χ2n) is 3.39. The van der Waals surface area contributed by atoms with E-state index in [2.05, 4.69) is 15.6 Å². The van der Waals surface area contributed by atoms with E-state index in [-0.39, 0.29) is 36.8 Å². The first kappa shape index (κ1) is 15.6. The Morgan fingerprint density at radius 2 is 2.38 bits per heavy atom. The summed E-state index contributed by atoms with van der Waals surface area (Å²) in [6.45, 7) is 1.93. The first-order valence-electron chi connectivity index (χ1n) is 4.76. The van der Waals surface area contributed by atoms with E-state index in [1.54, 1.807) is 10.9 Å². The molecule has 2 N–H and O–H groups in total. The molecular weight excluding hydrogens is 269 g/mol. The van der Waals surface area contributed by atoms with Crippen molar-refractivity contribution in [3.8, 4) is 0 Å². The lowest BCUT2D eigenvalue weighted by atomic mass is 10.1. The molecule has 1 amide bonds. The molecule has 1 fully saturated rings. The molecule has 7 heteroatoms. The molecule has 1 aliphatic rings. The Labute approximate surface area is 111 Å². The van der Waals surface area contributed by atoms with Gasteiger partial charge in [-0.15, -0.1) is 36.2 Å². The topological polar surface area (TPSA) is 54.0 Å². The van der Waals surface area contributed by atoms with Crippen LogP contribution in [0.25, 0.3) is 0 Å². The molecule has 1 atom stereocenters. The van der Waals surface area contributed by atoms with Crippen LogP contribution in [0.2, 0.25) is 0 Å². The lowest BCUT2D eigenvalue weighted by Gasteiger charge is -2.23. The predicted molar refractivity (Wildman–Crippen MR) is 70.0 cm³/mol. The molecule has 1 aliphatic heterocycles. The highest BCUT2D eigenvalue weighted by Crippen LogP contribution is 2.04. The van der Waals surface area contributed by atoms with Gasteiger partial charge >= 0.3 is 0 Å². The number of piperidine rings is 1.